The van der Waals surface area contributed by atoms with Crippen LogP contribution in [0.4, 0.5) is 5.82 Å². The van der Waals surface area contributed by atoms with E-state index in [1.54, 1.807) is 14.2 Å². The zero-order valence-corrected chi connectivity index (χ0v) is 19.1. The van der Waals surface area contributed by atoms with Crippen LogP contribution in [0.5, 0.6) is 11.5 Å². The molecule has 2 heterocycles. The maximum atomic E-state index is 12.2. The first-order valence-corrected chi connectivity index (χ1v) is 11.4. The maximum Gasteiger partial charge on any atom is 0.234 e. The highest BCUT2D eigenvalue weighted by Crippen LogP contribution is 2.36. The Labute approximate surface area is 193 Å². The second-order valence-corrected chi connectivity index (χ2v) is 8.57. The van der Waals surface area contributed by atoms with Gasteiger partial charge in [-0.3, -0.25) is 9.69 Å². The third kappa shape index (κ3) is 4.71. The predicted octanol–water partition coefficient (Wildman–Crippen LogP) is 2.71. The van der Waals surface area contributed by atoms with Crippen molar-refractivity contribution in [2.75, 3.05) is 51.8 Å². The molecule has 8 nitrogen and oxygen atoms in total. The number of carbonyl (C=O) groups is 1. The summed E-state index contributed by atoms with van der Waals surface area (Å²) in [6.45, 7) is 3.63. The van der Waals surface area contributed by atoms with Crippen molar-refractivity contribution in [3.63, 3.8) is 0 Å². The van der Waals surface area contributed by atoms with Crippen LogP contribution in [0, 0.1) is 0 Å². The van der Waals surface area contributed by atoms with Crippen LogP contribution in [0.2, 0.25) is 0 Å². The van der Waals surface area contributed by atoms with Gasteiger partial charge in [-0.15, -0.1) is 0 Å². The van der Waals surface area contributed by atoms with E-state index < -0.39 is 0 Å². The largest absolute Gasteiger partial charge is 0.493 e. The minimum Gasteiger partial charge on any atom is -0.493 e. The van der Waals surface area contributed by atoms with Gasteiger partial charge >= 0.3 is 0 Å². The number of amides is 1. The Hall–Kier alpha value is -3.39. The summed E-state index contributed by atoms with van der Waals surface area (Å²) in [4.78, 5) is 26.5. The number of benzene rings is 2. The van der Waals surface area contributed by atoms with Crippen LogP contribution < -0.4 is 19.7 Å². The number of hydrogen-bond donors (Lipinski definition) is 1. The summed E-state index contributed by atoms with van der Waals surface area (Å²) in [5.41, 5.74) is 1.77. The number of methoxy groups -OCH3 is 2. The summed E-state index contributed by atoms with van der Waals surface area (Å²) in [6.07, 6.45) is 2.22. The lowest BCUT2D eigenvalue weighted by Crippen LogP contribution is -2.50. The molecule has 1 saturated heterocycles. The van der Waals surface area contributed by atoms with Crippen LogP contribution in [0.25, 0.3) is 22.3 Å². The highest BCUT2D eigenvalue weighted by Gasteiger charge is 2.26. The fraction of sp³-hybridized carbons (Fsp3) is 0.400. The van der Waals surface area contributed by atoms with E-state index in [4.69, 9.17) is 19.4 Å². The van der Waals surface area contributed by atoms with Gasteiger partial charge in [0.25, 0.3) is 0 Å². The van der Waals surface area contributed by atoms with Crippen molar-refractivity contribution in [1.29, 1.82) is 0 Å². The number of nitrogens with zero attached hydrogens (tertiary/aromatic N) is 4. The van der Waals surface area contributed by atoms with E-state index in [-0.39, 0.29) is 5.91 Å². The Balaban J connectivity index is 1.45. The molecule has 0 unspecified atom stereocenters. The summed E-state index contributed by atoms with van der Waals surface area (Å²) in [5, 5.41) is 4.00. The van der Waals surface area contributed by atoms with Gasteiger partial charge < -0.3 is 19.7 Å². The van der Waals surface area contributed by atoms with E-state index >= 15 is 0 Å². The Morgan fingerprint density at radius 1 is 1.00 bits per heavy atom. The highest BCUT2D eigenvalue weighted by atomic mass is 16.5. The van der Waals surface area contributed by atoms with Gasteiger partial charge in [0.05, 0.1) is 26.3 Å². The molecule has 3 aromatic rings. The smallest absolute Gasteiger partial charge is 0.234 e. The SMILES string of the molecule is COc1cc2nc(-c3ccccc3)nc(N3CCN(CC(=O)NC4CC4)CC3)c2cc1OC. The standard InChI is InChI=1S/C25H29N5O3/c1-32-21-14-19-20(15-22(21)33-2)27-24(17-6-4-3-5-7-17)28-25(19)30-12-10-29(11-13-30)16-23(31)26-18-8-9-18/h3-7,14-15,18H,8-13,16H2,1-2H3,(H,26,31). The minimum absolute atomic E-state index is 0.127. The number of anilines is 1. The Kier molecular flexibility index (Phi) is 6.00. The van der Waals surface area contributed by atoms with E-state index in [2.05, 4.69) is 15.1 Å². The van der Waals surface area contributed by atoms with Crippen molar-refractivity contribution < 1.29 is 14.3 Å². The predicted molar refractivity (Wildman–Crippen MR) is 128 cm³/mol. The number of fused-ring (bicyclic) bond motifs is 1. The van der Waals surface area contributed by atoms with Gasteiger partial charge in [-0.1, -0.05) is 30.3 Å². The summed E-state index contributed by atoms with van der Waals surface area (Å²) in [5.74, 6) is 2.97. The summed E-state index contributed by atoms with van der Waals surface area (Å²) in [7, 11) is 3.26. The fourth-order valence-corrected chi connectivity index (χ4v) is 4.22. The van der Waals surface area contributed by atoms with Crippen molar-refractivity contribution >= 4 is 22.6 Å². The first-order chi connectivity index (χ1) is 16.1. The fourth-order valence-electron chi connectivity index (χ4n) is 4.22. The molecule has 172 valence electrons. The van der Waals surface area contributed by atoms with Gasteiger partial charge in [0.1, 0.15) is 5.82 Å². The molecule has 0 spiro atoms. The second kappa shape index (κ2) is 9.23. The molecular formula is C25H29N5O3. The number of aromatic nitrogens is 2. The van der Waals surface area contributed by atoms with Crippen molar-refractivity contribution in [2.24, 2.45) is 0 Å². The molecule has 0 radical (unpaired) electrons. The molecule has 2 fully saturated rings. The monoisotopic (exact) mass is 447 g/mol. The van der Waals surface area contributed by atoms with Gasteiger partial charge in [0.2, 0.25) is 5.91 Å². The van der Waals surface area contributed by atoms with Crippen molar-refractivity contribution in [3.05, 3.63) is 42.5 Å². The second-order valence-electron chi connectivity index (χ2n) is 8.57. The number of nitrogens with one attached hydrogen (secondary N) is 1. The first kappa shape index (κ1) is 21.5. The van der Waals surface area contributed by atoms with Gasteiger partial charge in [0.15, 0.2) is 17.3 Å². The molecule has 0 atom stereocenters. The van der Waals surface area contributed by atoms with Gasteiger partial charge in [-0.2, -0.15) is 0 Å². The zero-order valence-electron chi connectivity index (χ0n) is 19.1. The Morgan fingerprint density at radius 3 is 2.36 bits per heavy atom. The minimum atomic E-state index is 0.127. The average Bonchev–Trinajstić information content (AvgIpc) is 3.67. The highest BCUT2D eigenvalue weighted by molar-refractivity contribution is 5.93. The van der Waals surface area contributed by atoms with Crippen LogP contribution in [-0.4, -0.2) is 73.8 Å². The van der Waals surface area contributed by atoms with Gasteiger partial charge in [-0.25, -0.2) is 9.97 Å². The summed E-state index contributed by atoms with van der Waals surface area (Å²) in [6, 6.07) is 14.3. The maximum absolute atomic E-state index is 12.2. The number of rotatable bonds is 7. The third-order valence-corrected chi connectivity index (χ3v) is 6.19. The molecule has 2 aromatic carbocycles. The molecule has 1 aromatic heterocycles. The van der Waals surface area contributed by atoms with E-state index in [9.17, 15) is 4.79 Å². The van der Waals surface area contributed by atoms with Crippen LogP contribution in [0.1, 0.15) is 12.8 Å². The molecule has 2 aliphatic rings. The number of piperazine rings is 1. The van der Waals surface area contributed by atoms with Crippen molar-refractivity contribution in [3.8, 4) is 22.9 Å². The van der Waals surface area contributed by atoms with Gasteiger partial charge in [-0.05, 0) is 18.9 Å². The zero-order chi connectivity index (χ0) is 22.8. The van der Waals surface area contributed by atoms with Crippen molar-refractivity contribution in [2.45, 2.75) is 18.9 Å². The average molecular weight is 448 g/mol. The first-order valence-electron chi connectivity index (χ1n) is 11.4. The van der Waals surface area contributed by atoms with E-state index in [0.717, 1.165) is 61.3 Å². The summed E-state index contributed by atoms with van der Waals surface area (Å²) >= 11 is 0. The molecule has 1 aliphatic carbocycles. The Bertz CT molecular complexity index is 1140. The lowest BCUT2D eigenvalue weighted by atomic mass is 10.1. The van der Waals surface area contributed by atoms with Crippen molar-refractivity contribution in [1.82, 2.24) is 20.2 Å². The lowest BCUT2D eigenvalue weighted by molar-refractivity contribution is -0.122. The molecular weight excluding hydrogens is 418 g/mol. The summed E-state index contributed by atoms with van der Waals surface area (Å²) < 4.78 is 11.1. The Morgan fingerprint density at radius 2 is 1.70 bits per heavy atom. The molecule has 33 heavy (non-hydrogen) atoms. The van der Waals surface area contributed by atoms with Crippen LogP contribution in [0.3, 0.4) is 0 Å². The molecule has 1 N–H and O–H groups in total. The lowest BCUT2D eigenvalue weighted by Gasteiger charge is -2.35. The molecule has 0 bridgehead atoms. The van der Waals surface area contributed by atoms with E-state index in [0.29, 0.717) is 29.9 Å². The molecule has 1 saturated carbocycles. The van der Waals surface area contributed by atoms with Crippen LogP contribution in [0.15, 0.2) is 42.5 Å². The van der Waals surface area contributed by atoms with E-state index in [1.165, 1.54) is 0 Å². The third-order valence-electron chi connectivity index (χ3n) is 6.19. The molecule has 1 aliphatic heterocycles. The topological polar surface area (TPSA) is 79.8 Å². The molecule has 8 heteroatoms. The molecule has 1 amide bonds. The van der Waals surface area contributed by atoms with Gasteiger partial charge in [0, 0.05) is 49.2 Å². The molecule has 5 rings (SSSR count). The number of ether oxygens (including phenoxy) is 2. The quantitative estimate of drug-likeness (QED) is 0.597. The van der Waals surface area contributed by atoms with Crippen LogP contribution in [-0.2, 0) is 4.79 Å². The normalized spacial score (nSPS) is 16.6. The van der Waals surface area contributed by atoms with E-state index in [1.807, 2.05) is 42.5 Å². The number of carbonyl (C=O) groups excluding carboxylic acids is 1. The van der Waals surface area contributed by atoms with Crippen LogP contribution >= 0.6 is 0 Å². The number of hydrogen-bond acceptors (Lipinski definition) is 7.